The lowest BCUT2D eigenvalue weighted by molar-refractivity contribution is 0.882. The number of benzene rings is 1. The molecule has 0 amide bonds. The number of pyridine rings is 1. The second kappa shape index (κ2) is 4.63. The predicted molar refractivity (Wildman–Crippen MR) is 71.8 cm³/mol. The van der Waals surface area contributed by atoms with Crippen LogP contribution in [0.5, 0.6) is 0 Å². The highest BCUT2D eigenvalue weighted by Gasteiger charge is 2.08. The van der Waals surface area contributed by atoms with Crippen LogP contribution in [0.3, 0.4) is 0 Å². The van der Waals surface area contributed by atoms with Gasteiger partial charge in [-0.25, -0.2) is 4.68 Å². The van der Waals surface area contributed by atoms with Crippen molar-refractivity contribution in [2.45, 2.75) is 0 Å². The number of rotatable bonds is 2. The van der Waals surface area contributed by atoms with E-state index in [-0.39, 0.29) is 0 Å². The van der Waals surface area contributed by atoms with E-state index in [4.69, 9.17) is 11.6 Å². The largest absolute Gasteiger partial charge is 0.265 e. The zero-order valence-corrected chi connectivity index (χ0v) is 10.2. The summed E-state index contributed by atoms with van der Waals surface area (Å²) in [5, 5.41) is 5.09. The molecule has 18 heavy (non-hydrogen) atoms. The number of aromatic nitrogens is 3. The van der Waals surface area contributed by atoms with Crippen molar-refractivity contribution in [2.24, 2.45) is 0 Å². The minimum atomic E-state index is 0.583. The van der Waals surface area contributed by atoms with E-state index >= 15 is 0 Å². The molecular weight excluding hydrogens is 246 g/mol. The molecule has 3 rings (SSSR count). The van der Waals surface area contributed by atoms with Crippen molar-refractivity contribution in [2.75, 3.05) is 0 Å². The lowest BCUT2D eigenvalue weighted by atomic mass is 10.2. The summed E-state index contributed by atoms with van der Waals surface area (Å²) in [6, 6.07) is 15.6. The molecule has 2 heterocycles. The minimum absolute atomic E-state index is 0.583. The van der Waals surface area contributed by atoms with Crippen molar-refractivity contribution >= 4 is 11.6 Å². The first-order valence-electron chi connectivity index (χ1n) is 5.56. The summed E-state index contributed by atoms with van der Waals surface area (Å²) in [5.74, 6) is 0. The van der Waals surface area contributed by atoms with Crippen LogP contribution in [0.2, 0.25) is 5.15 Å². The molecule has 0 N–H and O–H groups in total. The minimum Gasteiger partial charge on any atom is -0.265 e. The fourth-order valence-corrected chi connectivity index (χ4v) is 2.01. The Kier molecular flexibility index (Phi) is 2.82. The summed E-state index contributed by atoms with van der Waals surface area (Å²) in [5.41, 5.74) is 2.81. The van der Waals surface area contributed by atoms with Crippen LogP contribution in [-0.4, -0.2) is 14.8 Å². The first-order valence-corrected chi connectivity index (χ1v) is 5.94. The molecule has 0 unspecified atom stereocenters. The highest BCUT2D eigenvalue weighted by molar-refractivity contribution is 6.30. The molecule has 0 spiro atoms. The number of hydrogen-bond donors (Lipinski definition) is 0. The van der Waals surface area contributed by atoms with Crippen molar-refractivity contribution in [1.29, 1.82) is 0 Å². The molecule has 0 aliphatic rings. The number of hydrogen-bond acceptors (Lipinski definition) is 2. The molecule has 0 saturated carbocycles. The van der Waals surface area contributed by atoms with Gasteiger partial charge >= 0.3 is 0 Å². The molecule has 0 aliphatic carbocycles. The van der Waals surface area contributed by atoms with Crippen molar-refractivity contribution in [3.05, 3.63) is 66.1 Å². The molecule has 0 fully saturated rings. The highest BCUT2D eigenvalue weighted by atomic mass is 35.5. The fourth-order valence-electron chi connectivity index (χ4n) is 1.77. The average Bonchev–Trinajstić information content (AvgIpc) is 2.83. The van der Waals surface area contributed by atoms with Gasteiger partial charge in [0.2, 0.25) is 0 Å². The van der Waals surface area contributed by atoms with Gasteiger partial charge in [-0.05, 0) is 12.1 Å². The molecule has 0 saturated heterocycles. The van der Waals surface area contributed by atoms with Crippen molar-refractivity contribution in [1.82, 2.24) is 14.8 Å². The molecule has 2 aromatic heterocycles. The van der Waals surface area contributed by atoms with E-state index in [0.29, 0.717) is 5.15 Å². The third-order valence-corrected chi connectivity index (χ3v) is 2.91. The summed E-state index contributed by atoms with van der Waals surface area (Å²) in [6.45, 7) is 0. The van der Waals surface area contributed by atoms with Gasteiger partial charge in [0.15, 0.2) is 0 Å². The fraction of sp³-hybridized carbons (Fsp3) is 0. The van der Waals surface area contributed by atoms with E-state index in [1.807, 2.05) is 48.5 Å². The van der Waals surface area contributed by atoms with Crippen LogP contribution in [0.1, 0.15) is 0 Å². The van der Waals surface area contributed by atoms with Crippen molar-refractivity contribution in [3.8, 4) is 16.9 Å². The smallest absolute Gasteiger partial charge is 0.133 e. The first kappa shape index (κ1) is 11.0. The molecule has 1 aromatic carbocycles. The average molecular weight is 256 g/mol. The van der Waals surface area contributed by atoms with E-state index in [9.17, 15) is 0 Å². The van der Waals surface area contributed by atoms with Gasteiger partial charge < -0.3 is 0 Å². The Balaban J connectivity index is 2.07. The third kappa shape index (κ3) is 2.00. The summed E-state index contributed by atoms with van der Waals surface area (Å²) in [4.78, 5) is 3.98. The number of nitrogens with zero attached hydrogens (tertiary/aromatic N) is 3. The van der Waals surface area contributed by atoms with Gasteiger partial charge in [0.1, 0.15) is 5.15 Å². The second-order valence-electron chi connectivity index (χ2n) is 3.84. The number of halogens is 1. The van der Waals surface area contributed by atoms with Crippen LogP contribution < -0.4 is 0 Å². The quantitative estimate of drug-likeness (QED) is 0.701. The van der Waals surface area contributed by atoms with Gasteiger partial charge in [-0.3, -0.25) is 4.98 Å². The Morgan fingerprint density at radius 3 is 2.39 bits per heavy atom. The Morgan fingerprint density at radius 1 is 0.944 bits per heavy atom. The molecule has 4 heteroatoms. The van der Waals surface area contributed by atoms with E-state index in [1.165, 1.54) is 0 Å². The Labute approximate surface area is 110 Å². The molecule has 3 nitrogen and oxygen atoms in total. The van der Waals surface area contributed by atoms with Crippen molar-refractivity contribution < 1.29 is 0 Å². The van der Waals surface area contributed by atoms with Gasteiger partial charge in [-0.1, -0.05) is 41.9 Å². The van der Waals surface area contributed by atoms with Crippen LogP contribution in [0.15, 0.2) is 60.9 Å². The van der Waals surface area contributed by atoms with Gasteiger partial charge in [0.25, 0.3) is 0 Å². The van der Waals surface area contributed by atoms with Crippen molar-refractivity contribution in [3.63, 3.8) is 0 Å². The molecular formula is C14H10ClN3. The Morgan fingerprint density at radius 2 is 1.67 bits per heavy atom. The molecule has 0 radical (unpaired) electrons. The zero-order chi connectivity index (χ0) is 12.4. The Hall–Kier alpha value is -2.13. The topological polar surface area (TPSA) is 30.7 Å². The maximum Gasteiger partial charge on any atom is 0.133 e. The van der Waals surface area contributed by atoms with Gasteiger partial charge in [0.05, 0.1) is 11.4 Å². The lowest BCUT2D eigenvalue weighted by Crippen LogP contribution is -1.96. The molecule has 0 aliphatic heterocycles. The van der Waals surface area contributed by atoms with Crippen LogP contribution in [0, 0.1) is 0 Å². The summed E-state index contributed by atoms with van der Waals surface area (Å²) >= 11 is 6.21. The standard InChI is InChI=1S/C14H10ClN3/c15-14-10-13(11-4-2-1-3-5-11)17-18(14)12-6-8-16-9-7-12/h1-10H. The van der Waals surface area contributed by atoms with Gasteiger partial charge in [-0.15, -0.1) is 0 Å². The van der Waals surface area contributed by atoms with E-state index in [1.54, 1.807) is 17.1 Å². The zero-order valence-electron chi connectivity index (χ0n) is 9.49. The molecule has 0 atom stereocenters. The highest BCUT2D eigenvalue weighted by Crippen LogP contribution is 2.23. The Bertz CT molecular complexity index is 647. The van der Waals surface area contributed by atoms with E-state index < -0.39 is 0 Å². The van der Waals surface area contributed by atoms with Gasteiger partial charge in [0, 0.05) is 24.0 Å². The van der Waals surface area contributed by atoms with E-state index in [2.05, 4.69) is 10.1 Å². The summed E-state index contributed by atoms with van der Waals surface area (Å²) in [7, 11) is 0. The summed E-state index contributed by atoms with van der Waals surface area (Å²) < 4.78 is 1.70. The lowest BCUT2D eigenvalue weighted by Gasteiger charge is -2.01. The SMILES string of the molecule is Clc1cc(-c2ccccc2)nn1-c1ccncc1. The molecule has 0 bridgehead atoms. The first-order chi connectivity index (χ1) is 8.84. The van der Waals surface area contributed by atoms with Crippen LogP contribution in [0.25, 0.3) is 16.9 Å². The third-order valence-electron chi connectivity index (χ3n) is 2.64. The normalized spacial score (nSPS) is 10.5. The van der Waals surface area contributed by atoms with Crippen LogP contribution in [0.4, 0.5) is 0 Å². The maximum atomic E-state index is 6.21. The van der Waals surface area contributed by atoms with Crippen LogP contribution in [-0.2, 0) is 0 Å². The van der Waals surface area contributed by atoms with Gasteiger partial charge in [-0.2, -0.15) is 5.10 Å². The predicted octanol–water partition coefficient (Wildman–Crippen LogP) is 3.59. The second-order valence-corrected chi connectivity index (χ2v) is 4.22. The molecule has 3 aromatic rings. The molecule has 88 valence electrons. The van der Waals surface area contributed by atoms with Crippen LogP contribution >= 0.6 is 11.6 Å². The summed E-state index contributed by atoms with van der Waals surface area (Å²) in [6.07, 6.45) is 3.44. The van der Waals surface area contributed by atoms with E-state index in [0.717, 1.165) is 16.9 Å². The monoisotopic (exact) mass is 255 g/mol. The maximum absolute atomic E-state index is 6.21.